The molecule has 7 heteroatoms. The molecule has 138 valence electrons. The first-order valence-corrected chi connectivity index (χ1v) is 10.3. The standard InChI is InChI=1S/C19H22N2O4S/c22-18(21-23)19(10-12-26(24,25)13-11-19)20-14-15-6-8-17(9-7-15)16-4-2-1-3-5-16/h1-9,20,23H,10-14H2,(H,21,22). The van der Waals surface area contributed by atoms with Crippen LogP contribution >= 0.6 is 0 Å². The zero-order chi connectivity index (χ0) is 18.6. The number of hydrogen-bond donors (Lipinski definition) is 3. The summed E-state index contributed by atoms with van der Waals surface area (Å²) in [5.74, 6) is -0.728. The molecule has 0 saturated carbocycles. The van der Waals surface area contributed by atoms with Crippen molar-refractivity contribution in [2.24, 2.45) is 0 Å². The van der Waals surface area contributed by atoms with Crippen LogP contribution in [0.25, 0.3) is 11.1 Å². The third-order valence-corrected chi connectivity index (χ3v) is 6.56. The Kier molecular flexibility index (Phi) is 5.41. The molecular weight excluding hydrogens is 352 g/mol. The minimum atomic E-state index is -3.12. The van der Waals surface area contributed by atoms with E-state index in [2.05, 4.69) is 5.32 Å². The summed E-state index contributed by atoms with van der Waals surface area (Å²) in [5, 5.41) is 12.2. The quantitative estimate of drug-likeness (QED) is 0.549. The van der Waals surface area contributed by atoms with Crippen molar-refractivity contribution in [3.8, 4) is 11.1 Å². The Morgan fingerprint density at radius 1 is 0.962 bits per heavy atom. The SMILES string of the molecule is O=C(NO)C1(NCc2ccc(-c3ccccc3)cc2)CCS(=O)(=O)CC1. The van der Waals surface area contributed by atoms with Crippen LogP contribution in [0.15, 0.2) is 54.6 Å². The molecule has 1 aliphatic rings. The lowest BCUT2D eigenvalue weighted by Gasteiger charge is -2.35. The fraction of sp³-hybridized carbons (Fsp3) is 0.316. The topological polar surface area (TPSA) is 95.5 Å². The van der Waals surface area contributed by atoms with E-state index < -0.39 is 21.3 Å². The lowest BCUT2D eigenvalue weighted by molar-refractivity contribution is -0.136. The summed E-state index contributed by atoms with van der Waals surface area (Å²) in [6.45, 7) is 0.405. The molecule has 2 aromatic carbocycles. The van der Waals surface area contributed by atoms with Gasteiger partial charge in [-0.15, -0.1) is 0 Å². The Labute approximate surface area is 153 Å². The molecule has 1 fully saturated rings. The number of carbonyl (C=O) groups excluding carboxylic acids is 1. The van der Waals surface area contributed by atoms with E-state index in [1.54, 1.807) is 5.48 Å². The summed E-state index contributed by atoms with van der Waals surface area (Å²) in [5.41, 5.74) is 3.80. The number of sulfone groups is 1. The van der Waals surface area contributed by atoms with Crippen molar-refractivity contribution in [1.29, 1.82) is 0 Å². The van der Waals surface area contributed by atoms with Crippen LogP contribution in [0.1, 0.15) is 18.4 Å². The molecular formula is C19H22N2O4S. The van der Waals surface area contributed by atoms with E-state index in [9.17, 15) is 13.2 Å². The van der Waals surface area contributed by atoms with Crippen LogP contribution in [0.2, 0.25) is 0 Å². The molecule has 0 spiro atoms. The normalized spacial score (nSPS) is 18.2. The zero-order valence-corrected chi connectivity index (χ0v) is 15.1. The van der Waals surface area contributed by atoms with Crippen molar-refractivity contribution in [1.82, 2.24) is 10.8 Å². The van der Waals surface area contributed by atoms with Crippen molar-refractivity contribution >= 4 is 15.7 Å². The first-order chi connectivity index (χ1) is 12.4. The minimum Gasteiger partial charge on any atom is -0.299 e. The second-order valence-corrected chi connectivity index (χ2v) is 8.89. The Morgan fingerprint density at radius 2 is 1.54 bits per heavy atom. The fourth-order valence-corrected chi connectivity index (χ4v) is 4.72. The molecule has 2 aromatic rings. The van der Waals surface area contributed by atoms with Crippen LogP contribution in [0.3, 0.4) is 0 Å². The lowest BCUT2D eigenvalue weighted by Crippen LogP contribution is -2.59. The van der Waals surface area contributed by atoms with Crippen molar-refractivity contribution in [3.63, 3.8) is 0 Å². The van der Waals surface area contributed by atoms with Crippen molar-refractivity contribution in [3.05, 3.63) is 60.2 Å². The smallest absolute Gasteiger partial charge is 0.263 e. The second kappa shape index (κ2) is 7.57. The lowest BCUT2D eigenvalue weighted by atomic mass is 9.91. The molecule has 0 bridgehead atoms. The van der Waals surface area contributed by atoms with E-state index in [4.69, 9.17) is 5.21 Å². The Bertz CT molecular complexity index is 850. The maximum atomic E-state index is 12.1. The maximum absolute atomic E-state index is 12.1. The summed E-state index contributed by atoms with van der Waals surface area (Å²) in [6.07, 6.45) is 0.285. The van der Waals surface area contributed by atoms with Crippen LogP contribution in [0.5, 0.6) is 0 Å². The van der Waals surface area contributed by atoms with Gasteiger partial charge in [-0.05, 0) is 29.5 Å². The highest BCUT2D eigenvalue weighted by molar-refractivity contribution is 7.91. The third-order valence-electron chi connectivity index (χ3n) is 4.91. The molecule has 1 heterocycles. The van der Waals surface area contributed by atoms with Crippen molar-refractivity contribution in [2.75, 3.05) is 11.5 Å². The van der Waals surface area contributed by atoms with Gasteiger partial charge in [-0.3, -0.25) is 15.3 Å². The average Bonchev–Trinajstić information content (AvgIpc) is 2.68. The number of hydroxylamine groups is 1. The Balaban J connectivity index is 1.70. The predicted molar refractivity (Wildman–Crippen MR) is 99.3 cm³/mol. The number of carbonyl (C=O) groups is 1. The van der Waals surface area contributed by atoms with Crippen LogP contribution in [-0.4, -0.2) is 36.6 Å². The summed E-state index contributed by atoms with van der Waals surface area (Å²) in [6, 6.07) is 18.0. The van der Waals surface area contributed by atoms with Crippen LogP contribution in [0, 0.1) is 0 Å². The van der Waals surface area contributed by atoms with E-state index in [1.165, 1.54) is 0 Å². The fourth-order valence-electron chi connectivity index (χ4n) is 3.19. The van der Waals surface area contributed by atoms with Gasteiger partial charge >= 0.3 is 0 Å². The molecule has 0 atom stereocenters. The maximum Gasteiger partial charge on any atom is 0.263 e. The Hall–Kier alpha value is -2.22. The summed E-state index contributed by atoms with van der Waals surface area (Å²) in [7, 11) is -3.12. The van der Waals surface area contributed by atoms with Gasteiger partial charge in [0.2, 0.25) is 0 Å². The predicted octanol–water partition coefficient (Wildman–Crippen LogP) is 1.90. The number of benzene rings is 2. The molecule has 0 radical (unpaired) electrons. The van der Waals surface area contributed by atoms with Gasteiger partial charge in [-0.1, -0.05) is 54.6 Å². The highest BCUT2D eigenvalue weighted by Crippen LogP contribution is 2.25. The summed E-state index contributed by atoms with van der Waals surface area (Å²) in [4.78, 5) is 12.1. The first-order valence-electron chi connectivity index (χ1n) is 8.48. The van der Waals surface area contributed by atoms with E-state index in [1.807, 2.05) is 54.6 Å². The monoisotopic (exact) mass is 374 g/mol. The average molecular weight is 374 g/mol. The molecule has 3 rings (SSSR count). The van der Waals surface area contributed by atoms with Gasteiger partial charge in [0.1, 0.15) is 15.4 Å². The molecule has 0 aromatic heterocycles. The van der Waals surface area contributed by atoms with Crippen molar-refractivity contribution < 1.29 is 18.4 Å². The van der Waals surface area contributed by atoms with E-state index in [-0.39, 0.29) is 24.3 Å². The van der Waals surface area contributed by atoms with Gasteiger partial charge in [0.25, 0.3) is 5.91 Å². The zero-order valence-electron chi connectivity index (χ0n) is 14.3. The molecule has 26 heavy (non-hydrogen) atoms. The van der Waals surface area contributed by atoms with Gasteiger partial charge in [0, 0.05) is 6.54 Å². The molecule has 6 nitrogen and oxygen atoms in total. The number of amides is 1. The highest BCUT2D eigenvalue weighted by Gasteiger charge is 2.43. The molecule has 1 aliphatic heterocycles. The molecule has 0 unspecified atom stereocenters. The Morgan fingerprint density at radius 3 is 2.12 bits per heavy atom. The van der Waals surface area contributed by atoms with E-state index in [0.29, 0.717) is 6.54 Å². The van der Waals surface area contributed by atoms with E-state index in [0.717, 1.165) is 16.7 Å². The number of nitrogens with one attached hydrogen (secondary N) is 2. The van der Waals surface area contributed by atoms with Gasteiger partial charge in [-0.2, -0.15) is 0 Å². The first kappa shape index (κ1) is 18.6. The minimum absolute atomic E-state index is 0.0691. The highest BCUT2D eigenvalue weighted by atomic mass is 32.2. The largest absolute Gasteiger partial charge is 0.299 e. The van der Waals surface area contributed by atoms with Crippen LogP contribution in [-0.2, 0) is 21.2 Å². The summed E-state index contributed by atoms with van der Waals surface area (Å²) >= 11 is 0. The number of hydrogen-bond acceptors (Lipinski definition) is 5. The molecule has 1 amide bonds. The number of rotatable bonds is 5. The molecule has 3 N–H and O–H groups in total. The van der Waals surface area contributed by atoms with E-state index >= 15 is 0 Å². The van der Waals surface area contributed by atoms with Gasteiger partial charge < -0.3 is 0 Å². The third kappa shape index (κ3) is 4.12. The molecule has 0 aliphatic carbocycles. The van der Waals surface area contributed by atoms with Gasteiger partial charge in [0.05, 0.1) is 11.5 Å². The second-order valence-electron chi connectivity index (χ2n) is 6.59. The van der Waals surface area contributed by atoms with Crippen LogP contribution < -0.4 is 10.8 Å². The van der Waals surface area contributed by atoms with Gasteiger partial charge in [0.15, 0.2) is 0 Å². The van der Waals surface area contributed by atoms with Gasteiger partial charge in [-0.25, -0.2) is 13.9 Å². The summed E-state index contributed by atoms with van der Waals surface area (Å²) < 4.78 is 23.3. The molecule has 1 saturated heterocycles. The van der Waals surface area contributed by atoms with Crippen LogP contribution in [0.4, 0.5) is 0 Å². The van der Waals surface area contributed by atoms with Crippen molar-refractivity contribution in [2.45, 2.75) is 24.9 Å².